The summed E-state index contributed by atoms with van der Waals surface area (Å²) in [6.07, 6.45) is 15.9. The van der Waals surface area contributed by atoms with Gasteiger partial charge in [-0.2, -0.15) is 0 Å². The van der Waals surface area contributed by atoms with Crippen LogP contribution in [-0.2, 0) is 0 Å². The largest absolute Gasteiger partial charge is 0.507 e. The summed E-state index contributed by atoms with van der Waals surface area (Å²) < 4.78 is 0. The van der Waals surface area contributed by atoms with Crippen LogP contribution in [-0.4, -0.2) is 17.1 Å². The zero-order valence-electron chi connectivity index (χ0n) is 24.8. The normalized spacial score (nSPS) is 39.2. The van der Waals surface area contributed by atoms with Gasteiger partial charge in [-0.1, -0.05) is 60.3 Å². The fourth-order valence-corrected chi connectivity index (χ4v) is 10.6. The number of anilines is 1. The van der Waals surface area contributed by atoms with Crippen molar-refractivity contribution < 1.29 is 9.90 Å². The highest BCUT2D eigenvalue weighted by Crippen LogP contribution is 2.68. The smallest absolute Gasteiger partial charge is 0.255 e. The molecule has 0 aliphatic heterocycles. The Bertz CT molecular complexity index is 1010. The number of rotatable bonds is 7. The minimum atomic E-state index is -0.145. The van der Waals surface area contributed by atoms with E-state index in [2.05, 4.69) is 39.9 Å². The van der Waals surface area contributed by atoms with Crippen LogP contribution in [0.1, 0.15) is 122 Å². The Morgan fingerprint density at radius 1 is 1.03 bits per heavy atom. The number of amides is 1. The Hall–Kier alpha value is -1.71. The van der Waals surface area contributed by atoms with Gasteiger partial charge in [0.25, 0.3) is 5.91 Å². The summed E-state index contributed by atoms with van der Waals surface area (Å²) in [7, 11) is 0. The van der Waals surface area contributed by atoms with Gasteiger partial charge >= 0.3 is 0 Å². The van der Waals surface area contributed by atoms with Crippen molar-refractivity contribution in [2.75, 3.05) is 5.73 Å². The summed E-state index contributed by atoms with van der Waals surface area (Å²) in [5.74, 6) is 5.39. The van der Waals surface area contributed by atoms with Crippen molar-refractivity contribution in [3.63, 3.8) is 0 Å². The van der Waals surface area contributed by atoms with Gasteiger partial charge in [0.15, 0.2) is 0 Å². The Morgan fingerprint density at radius 2 is 1.82 bits per heavy atom. The van der Waals surface area contributed by atoms with Gasteiger partial charge in [0.2, 0.25) is 0 Å². The second-order valence-electron chi connectivity index (χ2n) is 14.8. The second-order valence-corrected chi connectivity index (χ2v) is 14.8. The van der Waals surface area contributed by atoms with Gasteiger partial charge in [0.05, 0.1) is 5.56 Å². The van der Waals surface area contributed by atoms with Crippen LogP contribution >= 0.6 is 0 Å². The summed E-state index contributed by atoms with van der Waals surface area (Å²) in [4.78, 5) is 13.4. The molecule has 0 saturated heterocycles. The van der Waals surface area contributed by atoms with E-state index in [1.165, 1.54) is 76.7 Å². The number of carbonyl (C=O) groups is 1. The lowest BCUT2D eigenvalue weighted by Crippen LogP contribution is -2.61. The lowest BCUT2D eigenvalue weighted by molar-refractivity contribution is -0.126. The maximum Gasteiger partial charge on any atom is 0.255 e. The van der Waals surface area contributed by atoms with Crippen LogP contribution in [0.25, 0.3) is 0 Å². The number of hydrogen-bond donors (Lipinski definition) is 3. The number of nitrogen functional groups attached to an aromatic ring is 1. The molecular weight excluding hydrogens is 468 g/mol. The molecule has 38 heavy (non-hydrogen) atoms. The van der Waals surface area contributed by atoms with Crippen molar-refractivity contribution >= 4 is 11.6 Å². The van der Waals surface area contributed by atoms with Crippen LogP contribution in [0.15, 0.2) is 18.2 Å². The SMILES string of the molecule is CC(C)CCC[C@H](C)[C@@H]1CC[C@H]2[C@H]3CC[C@H]4CCCC(NC(=O)c5ccc(N)cc5O)[C@]4(C)[C@H]3CC[C@@]21C. The van der Waals surface area contributed by atoms with Gasteiger partial charge in [0.1, 0.15) is 5.75 Å². The molecule has 4 fully saturated rings. The topological polar surface area (TPSA) is 75.4 Å². The summed E-state index contributed by atoms with van der Waals surface area (Å²) in [6.45, 7) is 12.5. The zero-order chi connectivity index (χ0) is 27.2. The van der Waals surface area contributed by atoms with Gasteiger partial charge in [-0.25, -0.2) is 0 Å². The highest BCUT2D eigenvalue weighted by molar-refractivity contribution is 5.97. The van der Waals surface area contributed by atoms with E-state index in [0.29, 0.717) is 28.5 Å². The highest BCUT2D eigenvalue weighted by Gasteiger charge is 2.62. The highest BCUT2D eigenvalue weighted by atomic mass is 16.3. The molecule has 0 spiro atoms. The third-order valence-electron chi connectivity index (χ3n) is 12.5. The van der Waals surface area contributed by atoms with Crippen LogP contribution < -0.4 is 11.1 Å². The van der Waals surface area contributed by atoms with Gasteiger partial charge in [-0.3, -0.25) is 4.79 Å². The van der Waals surface area contributed by atoms with Crippen molar-refractivity contribution in [1.82, 2.24) is 5.32 Å². The molecule has 4 nitrogen and oxygen atoms in total. The van der Waals surface area contributed by atoms with Gasteiger partial charge in [-0.15, -0.1) is 0 Å². The van der Waals surface area contributed by atoms with E-state index in [0.717, 1.165) is 36.0 Å². The van der Waals surface area contributed by atoms with Gasteiger partial charge in [0, 0.05) is 17.8 Å². The molecule has 4 aliphatic rings. The third kappa shape index (κ3) is 4.77. The molecule has 4 saturated carbocycles. The standard InChI is InChI=1S/C34H54N2O2/c1-21(2)8-6-9-22(3)27-16-17-28-25-14-12-23-10-7-11-31(34(23,5)29(25)18-19-33(27,28)4)36-32(38)26-15-13-24(35)20-30(26)37/h13,15,20-23,25,27-29,31,37H,6-12,14,16-19,35H2,1-5H3,(H,36,38)/t22-,23+,25+,27-,28-,29-,31?,33+,34-/m0/s1. The summed E-state index contributed by atoms with van der Waals surface area (Å²) in [6, 6.07) is 5.03. The number of phenols is 1. The molecular formula is C34H54N2O2. The zero-order valence-corrected chi connectivity index (χ0v) is 24.8. The van der Waals surface area contributed by atoms with E-state index in [1.807, 2.05) is 0 Å². The first-order chi connectivity index (χ1) is 18.1. The second kappa shape index (κ2) is 10.7. The first-order valence-electron chi connectivity index (χ1n) is 15.9. The predicted molar refractivity (Wildman–Crippen MR) is 157 cm³/mol. The number of benzene rings is 1. The number of fused-ring (bicyclic) bond motifs is 5. The van der Waals surface area contributed by atoms with E-state index in [1.54, 1.807) is 12.1 Å². The molecule has 5 rings (SSSR count). The lowest BCUT2D eigenvalue weighted by atomic mass is 9.43. The van der Waals surface area contributed by atoms with Crippen LogP contribution in [0.3, 0.4) is 0 Å². The minimum absolute atomic E-state index is 0.0190. The van der Waals surface area contributed by atoms with E-state index in [9.17, 15) is 9.90 Å². The molecule has 4 N–H and O–H groups in total. The first-order valence-corrected chi connectivity index (χ1v) is 15.9. The summed E-state index contributed by atoms with van der Waals surface area (Å²) in [5.41, 5.74) is 7.28. The molecule has 9 atom stereocenters. The molecule has 0 radical (unpaired) electrons. The number of aromatic hydroxyl groups is 1. The molecule has 4 heteroatoms. The maximum atomic E-state index is 13.4. The Balaban J connectivity index is 1.34. The van der Waals surface area contributed by atoms with Crippen LogP contribution in [0, 0.1) is 52.3 Å². The summed E-state index contributed by atoms with van der Waals surface area (Å²) >= 11 is 0. The lowest BCUT2D eigenvalue weighted by Gasteiger charge is -2.63. The maximum absolute atomic E-state index is 13.4. The van der Waals surface area contributed by atoms with E-state index < -0.39 is 0 Å². The van der Waals surface area contributed by atoms with Crippen molar-refractivity contribution in [1.29, 1.82) is 0 Å². The van der Waals surface area contributed by atoms with Crippen molar-refractivity contribution in [2.45, 2.75) is 118 Å². The average Bonchev–Trinajstić information content (AvgIpc) is 3.21. The minimum Gasteiger partial charge on any atom is -0.507 e. The van der Waals surface area contributed by atoms with E-state index in [-0.39, 0.29) is 23.1 Å². The molecule has 0 aromatic heterocycles. The molecule has 0 heterocycles. The van der Waals surface area contributed by atoms with Crippen LogP contribution in [0.4, 0.5) is 5.69 Å². The predicted octanol–water partition coefficient (Wildman–Crippen LogP) is 8.19. The third-order valence-corrected chi connectivity index (χ3v) is 12.5. The van der Waals surface area contributed by atoms with Crippen LogP contribution in [0.5, 0.6) is 5.75 Å². The molecule has 1 aromatic rings. The Kier molecular flexibility index (Phi) is 7.84. The van der Waals surface area contributed by atoms with Gasteiger partial charge < -0.3 is 16.2 Å². The van der Waals surface area contributed by atoms with E-state index >= 15 is 0 Å². The van der Waals surface area contributed by atoms with Crippen molar-refractivity contribution in [3.05, 3.63) is 23.8 Å². The molecule has 1 aromatic carbocycles. The number of hydrogen-bond acceptors (Lipinski definition) is 3. The number of phenolic OH excluding ortho intramolecular Hbond substituents is 1. The van der Waals surface area contributed by atoms with Crippen molar-refractivity contribution in [2.24, 2.45) is 52.3 Å². The molecule has 1 unspecified atom stereocenters. The Labute approximate surface area is 231 Å². The van der Waals surface area contributed by atoms with Crippen LogP contribution in [0.2, 0.25) is 0 Å². The molecule has 212 valence electrons. The van der Waals surface area contributed by atoms with Crippen molar-refractivity contribution in [3.8, 4) is 5.75 Å². The number of nitrogens with two attached hydrogens (primary N) is 1. The number of nitrogens with one attached hydrogen (secondary N) is 1. The average molecular weight is 523 g/mol. The first kappa shape index (κ1) is 27.8. The van der Waals surface area contributed by atoms with Gasteiger partial charge in [-0.05, 0) is 116 Å². The Morgan fingerprint density at radius 3 is 2.55 bits per heavy atom. The quantitative estimate of drug-likeness (QED) is 0.316. The summed E-state index contributed by atoms with van der Waals surface area (Å²) in [5, 5.41) is 13.9. The fraction of sp³-hybridized carbons (Fsp3) is 0.794. The number of carbonyl (C=O) groups excluding carboxylic acids is 1. The monoisotopic (exact) mass is 522 g/mol. The molecule has 0 bridgehead atoms. The van der Waals surface area contributed by atoms with E-state index in [4.69, 9.17) is 5.73 Å². The fourth-order valence-electron chi connectivity index (χ4n) is 10.6. The molecule has 4 aliphatic carbocycles. The molecule has 1 amide bonds.